The first-order valence-corrected chi connectivity index (χ1v) is 4.51. The summed E-state index contributed by atoms with van der Waals surface area (Å²) in [6.45, 7) is 3.78. The zero-order chi connectivity index (χ0) is 9.14. The van der Waals surface area contributed by atoms with Gasteiger partial charge < -0.3 is 0 Å². The fourth-order valence-corrected chi connectivity index (χ4v) is 2.21. The van der Waals surface area contributed by atoms with Crippen LogP contribution in [0.5, 0.6) is 0 Å². The molecule has 1 unspecified atom stereocenters. The molecule has 1 aliphatic heterocycles. The van der Waals surface area contributed by atoms with E-state index in [4.69, 9.17) is 0 Å². The molecule has 0 aliphatic carbocycles. The topological polar surface area (TPSA) is 34.1 Å². The van der Waals surface area contributed by atoms with Crippen molar-refractivity contribution in [2.45, 2.75) is 13.8 Å². The third-order valence-corrected chi connectivity index (χ3v) is 2.84. The predicted molar refractivity (Wildman–Crippen MR) is 49.7 cm³/mol. The van der Waals surface area contributed by atoms with Crippen molar-refractivity contribution in [2.75, 3.05) is 0 Å². The van der Waals surface area contributed by atoms with Crippen LogP contribution >= 0.6 is 11.8 Å². The Bertz CT molecular complexity index is 276. The van der Waals surface area contributed by atoms with E-state index >= 15 is 0 Å². The second-order valence-corrected chi connectivity index (χ2v) is 3.99. The van der Waals surface area contributed by atoms with Crippen LogP contribution in [-0.2, 0) is 9.59 Å². The van der Waals surface area contributed by atoms with Gasteiger partial charge in [0.25, 0.3) is 0 Å². The molecule has 0 N–H and O–H groups in total. The quantitative estimate of drug-likeness (QED) is 0.612. The summed E-state index contributed by atoms with van der Waals surface area (Å²) < 4.78 is 0. The van der Waals surface area contributed by atoms with E-state index < -0.39 is 0 Å². The standard InChI is InChI=1S/C9H10O2S/c1-6-3-8(4-10)12-7(2)9(6)5-11/h3-6H,1-2H3. The van der Waals surface area contributed by atoms with Gasteiger partial charge in [0.15, 0.2) is 6.29 Å². The minimum atomic E-state index is 0.0731. The zero-order valence-electron chi connectivity index (χ0n) is 7.03. The van der Waals surface area contributed by atoms with Crippen molar-refractivity contribution in [3.63, 3.8) is 0 Å². The van der Waals surface area contributed by atoms with Crippen LogP contribution in [0.25, 0.3) is 0 Å². The van der Waals surface area contributed by atoms with Crippen LogP contribution in [0.15, 0.2) is 21.5 Å². The molecular formula is C9H10O2S. The van der Waals surface area contributed by atoms with Crippen molar-refractivity contribution >= 4 is 24.3 Å². The van der Waals surface area contributed by atoms with Crippen LogP contribution in [0.2, 0.25) is 0 Å². The van der Waals surface area contributed by atoms with Crippen molar-refractivity contribution < 1.29 is 9.59 Å². The van der Waals surface area contributed by atoms with E-state index in [1.54, 1.807) is 0 Å². The van der Waals surface area contributed by atoms with Gasteiger partial charge >= 0.3 is 0 Å². The maximum Gasteiger partial charge on any atom is 0.156 e. The summed E-state index contributed by atoms with van der Waals surface area (Å²) in [5.74, 6) is 0.0731. The lowest BCUT2D eigenvalue weighted by Gasteiger charge is -2.16. The summed E-state index contributed by atoms with van der Waals surface area (Å²) >= 11 is 1.36. The molecule has 2 nitrogen and oxygen atoms in total. The lowest BCUT2D eigenvalue weighted by Crippen LogP contribution is -2.05. The molecule has 0 aromatic rings. The van der Waals surface area contributed by atoms with Crippen LogP contribution in [0.3, 0.4) is 0 Å². The maximum absolute atomic E-state index is 10.6. The third-order valence-electron chi connectivity index (χ3n) is 1.83. The highest BCUT2D eigenvalue weighted by Crippen LogP contribution is 2.34. The van der Waals surface area contributed by atoms with E-state index in [-0.39, 0.29) is 5.92 Å². The average molecular weight is 182 g/mol. The molecular weight excluding hydrogens is 172 g/mol. The van der Waals surface area contributed by atoms with Crippen LogP contribution in [0, 0.1) is 5.92 Å². The van der Waals surface area contributed by atoms with Crippen molar-refractivity contribution in [1.82, 2.24) is 0 Å². The molecule has 1 atom stereocenters. The minimum absolute atomic E-state index is 0.0731. The van der Waals surface area contributed by atoms with Crippen LogP contribution in [0.4, 0.5) is 0 Å². The smallest absolute Gasteiger partial charge is 0.156 e. The molecule has 0 saturated carbocycles. The van der Waals surface area contributed by atoms with Crippen molar-refractivity contribution in [3.05, 3.63) is 21.5 Å². The van der Waals surface area contributed by atoms with Gasteiger partial charge in [0.05, 0.1) is 0 Å². The molecule has 3 heteroatoms. The first-order chi connectivity index (χ1) is 5.69. The Morgan fingerprint density at radius 1 is 1.42 bits per heavy atom. The lowest BCUT2D eigenvalue weighted by molar-refractivity contribution is -0.105. The summed E-state index contributed by atoms with van der Waals surface area (Å²) in [4.78, 5) is 22.7. The Balaban J connectivity index is 2.95. The highest BCUT2D eigenvalue weighted by Gasteiger charge is 2.16. The van der Waals surface area contributed by atoms with E-state index in [2.05, 4.69) is 0 Å². The van der Waals surface area contributed by atoms with Gasteiger partial charge in [0.1, 0.15) is 6.29 Å². The van der Waals surface area contributed by atoms with Gasteiger partial charge in [-0.15, -0.1) is 0 Å². The highest BCUT2D eigenvalue weighted by atomic mass is 32.2. The van der Waals surface area contributed by atoms with Crippen LogP contribution in [0.1, 0.15) is 13.8 Å². The number of carbonyl (C=O) groups is 2. The minimum Gasteiger partial charge on any atom is -0.298 e. The van der Waals surface area contributed by atoms with E-state index in [9.17, 15) is 9.59 Å². The monoisotopic (exact) mass is 182 g/mol. The average Bonchev–Trinajstić information content (AvgIpc) is 2.03. The second-order valence-electron chi connectivity index (χ2n) is 2.71. The summed E-state index contributed by atoms with van der Waals surface area (Å²) in [5, 5.41) is 0. The largest absolute Gasteiger partial charge is 0.298 e. The number of hydrogen-bond acceptors (Lipinski definition) is 3. The SMILES string of the molecule is CC1=C(C=O)C(C)C=C(C=O)S1. The van der Waals surface area contributed by atoms with Crippen molar-refractivity contribution in [3.8, 4) is 0 Å². The van der Waals surface area contributed by atoms with Gasteiger partial charge in [-0.3, -0.25) is 9.59 Å². The molecule has 1 rings (SSSR count). The summed E-state index contributed by atoms with van der Waals surface area (Å²) in [7, 11) is 0. The van der Waals surface area contributed by atoms with E-state index in [1.807, 2.05) is 19.9 Å². The Morgan fingerprint density at radius 3 is 2.50 bits per heavy atom. The van der Waals surface area contributed by atoms with Gasteiger partial charge in [-0.1, -0.05) is 24.8 Å². The molecule has 0 aromatic carbocycles. The Morgan fingerprint density at radius 2 is 2.08 bits per heavy atom. The molecule has 0 aromatic heterocycles. The second kappa shape index (κ2) is 3.72. The molecule has 1 heterocycles. The molecule has 12 heavy (non-hydrogen) atoms. The van der Waals surface area contributed by atoms with Gasteiger partial charge in [-0.2, -0.15) is 0 Å². The van der Waals surface area contributed by atoms with Crippen LogP contribution < -0.4 is 0 Å². The fraction of sp³-hybridized carbons (Fsp3) is 0.333. The summed E-state index contributed by atoms with van der Waals surface area (Å²) in [6, 6.07) is 0. The molecule has 0 saturated heterocycles. The third kappa shape index (κ3) is 1.67. The van der Waals surface area contributed by atoms with E-state index in [1.165, 1.54) is 11.8 Å². The Kier molecular flexibility index (Phi) is 2.87. The maximum atomic E-state index is 10.6. The van der Waals surface area contributed by atoms with Gasteiger partial charge in [0, 0.05) is 16.4 Å². The zero-order valence-corrected chi connectivity index (χ0v) is 7.85. The number of aldehydes is 2. The van der Waals surface area contributed by atoms with Gasteiger partial charge in [-0.25, -0.2) is 0 Å². The normalized spacial score (nSPS) is 23.5. The van der Waals surface area contributed by atoms with Crippen molar-refractivity contribution in [2.24, 2.45) is 5.92 Å². The Labute approximate surface area is 75.7 Å². The Hall–Kier alpha value is -0.830. The van der Waals surface area contributed by atoms with E-state index in [0.717, 1.165) is 23.1 Å². The van der Waals surface area contributed by atoms with Crippen molar-refractivity contribution in [1.29, 1.82) is 0 Å². The molecule has 0 amide bonds. The number of allylic oxidation sites excluding steroid dienone is 4. The van der Waals surface area contributed by atoms with Crippen LogP contribution in [-0.4, -0.2) is 12.6 Å². The molecule has 0 radical (unpaired) electrons. The summed E-state index contributed by atoms with van der Waals surface area (Å²) in [6.07, 6.45) is 3.51. The highest BCUT2D eigenvalue weighted by molar-refractivity contribution is 8.07. The number of carbonyl (C=O) groups excluding carboxylic acids is 2. The first kappa shape index (κ1) is 9.26. The molecule has 0 fully saturated rings. The summed E-state index contributed by atoms with van der Waals surface area (Å²) in [5.41, 5.74) is 0.783. The molecule has 0 bridgehead atoms. The lowest BCUT2D eigenvalue weighted by atomic mass is 10.0. The first-order valence-electron chi connectivity index (χ1n) is 3.70. The van der Waals surface area contributed by atoms with Gasteiger partial charge in [-0.05, 0) is 11.8 Å². The van der Waals surface area contributed by atoms with E-state index in [0.29, 0.717) is 4.91 Å². The molecule has 64 valence electrons. The molecule has 1 aliphatic rings. The number of rotatable bonds is 2. The fourth-order valence-electron chi connectivity index (χ4n) is 1.18. The predicted octanol–water partition coefficient (Wildman–Crippen LogP) is 1.93. The number of thioether (sulfide) groups is 1. The number of hydrogen-bond donors (Lipinski definition) is 0. The molecule has 0 spiro atoms. The van der Waals surface area contributed by atoms with Gasteiger partial charge in [0.2, 0.25) is 0 Å².